The Bertz CT molecular complexity index is 404. The fraction of sp³-hybridized carbons (Fsp3) is 0.588. The van der Waals surface area contributed by atoms with Crippen molar-refractivity contribution in [3.63, 3.8) is 0 Å². The van der Waals surface area contributed by atoms with Crippen LogP contribution in [0, 0.1) is 0 Å². The highest BCUT2D eigenvalue weighted by molar-refractivity contribution is 5.70. The lowest BCUT2D eigenvalue weighted by molar-refractivity contribution is -0.148. The molecule has 3 heteroatoms. The highest BCUT2D eigenvalue weighted by Crippen LogP contribution is 2.14. The number of carbonyl (C=O) groups excluding carboxylic acids is 1. The molecule has 0 amide bonds. The highest BCUT2D eigenvalue weighted by atomic mass is 16.5. The van der Waals surface area contributed by atoms with Gasteiger partial charge in [0.2, 0.25) is 0 Å². The van der Waals surface area contributed by atoms with Crippen molar-refractivity contribution in [2.75, 3.05) is 5.73 Å². The molecule has 112 valence electrons. The molecular weight excluding hydrogens is 250 g/mol. The second-order valence-electron chi connectivity index (χ2n) is 5.35. The molecule has 1 aromatic carbocycles. The molecule has 0 aliphatic rings. The molecule has 2 N–H and O–H groups in total. The first-order valence-corrected chi connectivity index (χ1v) is 7.66. The van der Waals surface area contributed by atoms with Gasteiger partial charge in [0.25, 0.3) is 0 Å². The van der Waals surface area contributed by atoms with E-state index in [2.05, 4.69) is 6.92 Å². The first kappa shape index (κ1) is 16.5. The lowest BCUT2D eigenvalue weighted by Gasteiger charge is -2.13. The van der Waals surface area contributed by atoms with Gasteiger partial charge in [-0.25, -0.2) is 0 Å². The van der Waals surface area contributed by atoms with Crippen molar-refractivity contribution < 1.29 is 9.53 Å². The average molecular weight is 277 g/mol. The van der Waals surface area contributed by atoms with Crippen LogP contribution in [0.25, 0.3) is 0 Å². The zero-order valence-electron chi connectivity index (χ0n) is 12.7. The number of aryl methyl sites for hydroxylation is 1. The summed E-state index contributed by atoms with van der Waals surface area (Å²) in [5.41, 5.74) is 7.61. The van der Waals surface area contributed by atoms with Crippen LogP contribution in [-0.4, -0.2) is 12.1 Å². The first-order chi connectivity index (χ1) is 9.63. The number of carbonyl (C=O) groups is 1. The molecule has 0 aromatic heterocycles. The summed E-state index contributed by atoms with van der Waals surface area (Å²) in [6.45, 7) is 4.17. The Kier molecular flexibility index (Phi) is 7.78. The largest absolute Gasteiger partial charge is 0.463 e. The number of esters is 1. The second kappa shape index (κ2) is 9.40. The van der Waals surface area contributed by atoms with Crippen LogP contribution in [0.3, 0.4) is 0 Å². The molecule has 0 saturated carbocycles. The summed E-state index contributed by atoms with van der Waals surface area (Å²) in [5.74, 6) is -0.128. The van der Waals surface area contributed by atoms with E-state index >= 15 is 0 Å². The van der Waals surface area contributed by atoms with E-state index in [9.17, 15) is 4.79 Å². The lowest BCUT2D eigenvalue weighted by Crippen LogP contribution is -2.15. The monoisotopic (exact) mass is 277 g/mol. The van der Waals surface area contributed by atoms with Crippen molar-refractivity contribution in [2.24, 2.45) is 0 Å². The topological polar surface area (TPSA) is 52.3 Å². The minimum atomic E-state index is -0.128. The molecule has 0 saturated heterocycles. The fourth-order valence-corrected chi connectivity index (χ4v) is 2.20. The molecule has 0 aliphatic carbocycles. The number of para-hydroxylation sites is 1. The number of anilines is 1. The van der Waals surface area contributed by atoms with Crippen LogP contribution in [0.5, 0.6) is 0 Å². The Morgan fingerprint density at radius 3 is 2.70 bits per heavy atom. The summed E-state index contributed by atoms with van der Waals surface area (Å²) >= 11 is 0. The number of ether oxygens (including phenoxy) is 1. The van der Waals surface area contributed by atoms with Gasteiger partial charge in [0.1, 0.15) is 0 Å². The Labute approximate surface area is 122 Å². The number of rotatable bonds is 9. The molecule has 20 heavy (non-hydrogen) atoms. The van der Waals surface area contributed by atoms with Gasteiger partial charge in [-0.15, -0.1) is 0 Å². The van der Waals surface area contributed by atoms with Crippen LogP contribution in [0.1, 0.15) is 57.9 Å². The predicted octanol–water partition coefficient (Wildman–Crippen LogP) is 4.10. The van der Waals surface area contributed by atoms with Crippen LogP contribution in [0.15, 0.2) is 24.3 Å². The number of hydrogen-bond donors (Lipinski definition) is 1. The summed E-state index contributed by atoms with van der Waals surface area (Å²) in [7, 11) is 0. The van der Waals surface area contributed by atoms with Gasteiger partial charge in [-0.2, -0.15) is 0 Å². The molecule has 1 rings (SSSR count). The smallest absolute Gasteiger partial charge is 0.306 e. The van der Waals surface area contributed by atoms with Crippen LogP contribution >= 0.6 is 0 Å². The molecule has 1 unspecified atom stereocenters. The number of unbranched alkanes of at least 4 members (excludes halogenated alkanes) is 3. The Hall–Kier alpha value is -1.51. The molecule has 1 atom stereocenters. The van der Waals surface area contributed by atoms with Gasteiger partial charge in [-0.05, 0) is 37.8 Å². The number of nitrogen functional groups attached to an aromatic ring is 1. The van der Waals surface area contributed by atoms with Gasteiger partial charge < -0.3 is 10.5 Å². The van der Waals surface area contributed by atoms with E-state index in [-0.39, 0.29) is 12.1 Å². The van der Waals surface area contributed by atoms with E-state index in [1.807, 2.05) is 31.2 Å². The SMILES string of the molecule is CCCCCCC(C)OC(=O)CCc1ccccc1N. The molecule has 1 aromatic rings. The lowest BCUT2D eigenvalue weighted by atomic mass is 10.1. The second-order valence-corrected chi connectivity index (χ2v) is 5.35. The van der Waals surface area contributed by atoms with Gasteiger partial charge in [0.15, 0.2) is 0 Å². The highest BCUT2D eigenvalue weighted by Gasteiger charge is 2.10. The van der Waals surface area contributed by atoms with E-state index in [1.165, 1.54) is 19.3 Å². The average Bonchev–Trinajstić information content (AvgIpc) is 2.43. The van der Waals surface area contributed by atoms with Crippen LogP contribution in [0.4, 0.5) is 5.69 Å². The summed E-state index contributed by atoms with van der Waals surface area (Å²) in [5, 5.41) is 0. The van der Waals surface area contributed by atoms with Gasteiger partial charge in [-0.1, -0.05) is 44.4 Å². The predicted molar refractivity (Wildman–Crippen MR) is 83.5 cm³/mol. The maximum atomic E-state index is 11.8. The molecular formula is C17H27NO2. The molecule has 0 bridgehead atoms. The van der Waals surface area contributed by atoms with Gasteiger partial charge in [0.05, 0.1) is 6.10 Å². The summed E-state index contributed by atoms with van der Waals surface area (Å²) < 4.78 is 5.41. The van der Waals surface area contributed by atoms with E-state index < -0.39 is 0 Å². The van der Waals surface area contributed by atoms with E-state index in [4.69, 9.17) is 10.5 Å². The van der Waals surface area contributed by atoms with Crippen molar-refractivity contribution in [3.05, 3.63) is 29.8 Å². The summed E-state index contributed by atoms with van der Waals surface area (Å²) in [6, 6.07) is 7.65. The fourth-order valence-electron chi connectivity index (χ4n) is 2.20. The van der Waals surface area contributed by atoms with Crippen molar-refractivity contribution in [3.8, 4) is 0 Å². The van der Waals surface area contributed by atoms with Gasteiger partial charge in [-0.3, -0.25) is 4.79 Å². The van der Waals surface area contributed by atoms with Crippen molar-refractivity contribution >= 4 is 11.7 Å². The van der Waals surface area contributed by atoms with Crippen molar-refractivity contribution in [1.82, 2.24) is 0 Å². The maximum absolute atomic E-state index is 11.8. The number of hydrogen-bond acceptors (Lipinski definition) is 3. The maximum Gasteiger partial charge on any atom is 0.306 e. The zero-order valence-corrected chi connectivity index (χ0v) is 12.7. The summed E-state index contributed by atoms with van der Waals surface area (Å²) in [6.07, 6.45) is 6.86. The standard InChI is InChI=1S/C17H27NO2/c1-3-4-5-6-9-14(2)20-17(19)13-12-15-10-7-8-11-16(15)18/h7-8,10-11,14H,3-6,9,12-13,18H2,1-2H3. The van der Waals surface area contributed by atoms with E-state index in [1.54, 1.807) is 0 Å². The first-order valence-electron chi connectivity index (χ1n) is 7.66. The Morgan fingerprint density at radius 1 is 1.25 bits per heavy atom. The molecule has 0 aliphatic heterocycles. The van der Waals surface area contributed by atoms with Crippen LogP contribution in [0.2, 0.25) is 0 Å². The third-order valence-corrected chi connectivity index (χ3v) is 3.45. The van der Waals surface area contributed by atoms with E-state index in [0.29, 0.717) is 12.8 Å². The van der Waals surface area contributed by atoms with Crippen molar-refractivity contribution in [2.45, 2.75) is 64.9 Å². The Morgan fingerprint density at radius 2 is 2.00 bits per heavy atom. The minimum absolute atomic E-state index is 0.0208. The van der Waals surface area contributed by atoms with Gasteiger partial charge >= 0.3 is 5.97 Å². The molecule has 0 fully saturated rings. The number of nitrogens with two attached hydrogens (primary N) is 1. The molecule has 0 radical (unpaired) electrons. The molecule has 0 spiro atoms. The van der Waals surface area contributed by atoms with Crippen molar-refractivity contribution in [1.29, 1.82) is 0 Å². The number of benzene rings is 1. The minimum Gasteiger partial charge on any atom is -0.463 e. The summed E-state index contributed by atoms with van der Waals surface area (Å²) in [4.78, 5) is 11.8. The molecule has 3 nitrogen and oxygen atoms in total. The third kappa shape index (κ3) is 6.60. The van der Waals surface area contributed by atoms with Crippen LogP contribution < -0.4 is 5.73 Å². The Balaban J connectivity index is 2.21. The van der Waals surface area contributed by atoms with E-state index in [0.717, 1.165) is 24.1 Å². The van der Waals surface area contributed by atoms with Crippen LogP contribution in [-0.2, 0) is 16.0 Å². The normalized spacial score (nSPS) is 12.1. The third-order valence-electron chi connectivity index (χ3n) is 3.45. The molecule has 0 heterocycles. The zero-order chi connectivity index (χ0) is 14.8. The van der Waals surface area contributed by atoms with Gasteiger partial charge in [0, 0.05) is 12.1 Å². The quantitative estimate of drug-likeness (QED) is 0.420.